The van der Waals surface area contributed by atoms with E-state index in [1.54, 1.807) is 11.3 Å². The molecule has 1 atom stereocenters. The van der Waals surface area contributed by atoms with Gasteiger partial charge in [0, 0.05) is 9.75 Å². The zero-order chi connectivity index (χ0) is 9.68. The Morgan fingerprint density at radius 1 is 1.54 bits per heavy atom. The first-order valence-corrected chi connectivity index (χ1v) is 5.50. The SMILES string of the molecule is CCCNC(CO)c1ccc(C)s1. The van der Waals surface area contributed by atoms with Crippen molar-refractivity contribution in [2.45, 2.75) is 26.3 Å². The molecule has 74 valence electrons. The summed E-state index contributed by atoms with van der Waals surface area (Å²) in [5, 5.41) is 12.5. The number of nitrogens with one attached hydrogen (secondary N) is 1. The van der Waals surface area contributed by atoms with Gasteiger partial charge in [-0.1, -0.05) is 6.92 Å². The molecule has 1 aromatic heterocycles. The van der Waals surface area contributed by atoms with E-state index in [4.69, 9.17) is 5.11 Å². The van der Waals surface area contributed by atoms with Crippen molar-refractivity contribution in [2.24, 2.45) is 0 Å². The van der Waals surface area contributed by atoms with E-state index >= 15 is 0 Å². The van der Waals surface area contributed by atoms with Crippen molar-refractivity contribution in [3.8, 4) is 0 Å². The van der Waals surface area contributed by atoms with Crippen molar-refractivity contribution in [2.75, 3.05) is 13.2 Å². The van der Waals surface area contributed by atoms with E-state index in [1.165, 1.54) is 9.75 Å². The molecule has 1 rings (SSSR count). The molecule has 1 aromatic rings. The Bertz CT molecular complexity index is 247. The molecule has 0 aromatic carbocycles. The lowest BCUT2D eigenvalue weighted by Crippen LogP contribution is -2.24. The maximum absolute atomic E-state index is 9.16. The summed E-state index contributed by atoms with van der Waals surface area (Å²) in [6.45, 7) is 5.35. The Hall–Kier alpha value is -0.380. The number of aliphatic hydroxyl groups is 1. The predicted octanol–water partition coefficient (Wildman–Crippen LogP) is 2.09. The maximum atomic E-state index is 9.16. The minimum Gasteiger partial charge on any atom is -0.394 e. The van der Waals surface area contributed by atoms with Gasteiger partial charge in [-0.3, -0.25) is 0 Å². The minimum absolute atomic E-state index is 0.124. The summed E-state index contributed by atoms with van der Waals surface area (Å²) in [4.78, 5) is 2.53. The van der Waals surface area contributed by atoms with Crippen LogP contribution in [0.4, 0.5) is 0 Å². The molecule has 13 heavy (non-hydrogen) atoms. The first-order valence-electron chi connectivity index (χ1n) is 4.68. The second kappa shape index (κ2) is 5.37. The average Bonchev–Trinajstić information content (AvgIpc) is 2.54. The van der Waals surface area contributed by atoms with Gasteiger partial charge in [0.2, 0.25) is 0 Å². The van der Waals surface area contributed by atoms with Gasteiger partial charge in [-0.15, -0.1) is 11.3 Å². The zero-order valence-electron chi connectivity index (χ0n) is 8.21. The van der Waals surface area contributed by atoms with Crippen LogP contribution in [-0.2, 0) is 0 Å². The zero-order valence-corrected chi connectivity index (χ0v) is 9.03. The lowest BCUT2D eigenvalue weighted by Gasteiger charge is -2.13. The molecule has 0 bridgehead atoms. The molecule has 3 heteroatoms. The number of rotatable bonds is 5. The van der Waals surface area contributed by atoms with Gasteiger partial charge in [0.15, 0.2) is 0 Å². The van der Waals surface area contributed by atoms with Crippen LogP contribution in [0.1, 0.15) is 29.1 Å². The van der Waals surface area contributed by atoms with Crippen molar-refractivity contribution in [1.29, 1.82) is 0 Å². The van der Waals surface area contributed by atoms with Gasteiger partial charge in [-0.05, 0) is 32.0 Å². The van der Waals surface area contributed by atoms with Crippen LogP contribution in [0, 0.1) is 6.92 Å². The maximum Gasteiger partial charge on any atom is 0.0649 e. The molecule has 0 fully saturated rings. The topological polar surface area (TPSA) is 32.3 Å². The molecule has 2 nitrogen and oxygen atoms in total. The summed E-state index contributed by atoms with van der Waals surface area (Å²) in [6.07, 6.45) is 1.10. The molecular formula is C10H17NOS. The number of thiophene rings is 1. The lowest BCUT2D eigenvalue weighted by molar-refractivity contribution is 0.247. The summed E-state index contributed by atoms with van der Waals surface area (Å²) in [5.74, 6) is 0. The largest absolute Gasteiger partial charge is 0.394 e. The first-order chi connectivity index (χ1) is 6.27. The summed E-state index contributed by atoms with van der Waals surface area (Å²) in [7, 11) is 0. The second-order valence-electron chi connectivity index (χ2n) is 3.14. The standard InChI is InChI=1S/C10H17NOS/c1-3-6-11-9(7-12)10-5-4-8(2)13-10/h4-5,9,11-12H,3,6-7H2,1-2H3. The van der Waals surface area contributed by atoms with Gasteiger partial charge in [-0.2, -0.15) is 0 Å². The van der Waals surface area contributed by atoms with E-state index in [0.29, 0.717) is 0 Å². The molecule has 0 saturated heterocycles. The quantitative estimate of drug-likeness (QED) is 0.761. The summed E-state index contributed by atoms with van der Waals surface area (Å²) >= 11 is 1.75. The van der Waals surface area contributed by atoms with Gasteiger partial charge in [0.1, 0.15) is 0 Å². The fraction of sp³-hybridized carbons (Fsp3) is 0.600. The molecule has 1 unspecified atom stereocenters. The average molecular weight is 199 g/mol. The van der Waals surface area contributed by atoms with Gasteiger partial charge in [0.05, 0.1) is 12.6 Å². The van der Waals surface area contributed by atoms with E-state index in [-0.39, 0.29) is 12.6 Å². The van der Waals surface area contributed by atoms with Gasteiger partial charge in [-0.25, -0.2) is 0 Å². The smallest absolute Gasteiger partial charge is 0.0649 e. The van der Waals surface area contributed by atoms with Crippen LogP contribution in [0.5, 0.6) is 0 Å². The number of aryl methyl sites for hydroxylation is 1. The van der Waals surface area contributed by atoms with Crippen LogP contribution >= 0.6 is 11.3 Å². The fourth-order valence-corrected chi connectivity index (χ4v) is 2.16. The number of hydrogen-bond acceptors (Lipinski definition) is 3. The molecule has 0 aliphatic rings. The summed E-state index contributed by atoms with van der Waals surface area (Å²) in [6, 6.07) is 4.30. The van der Waals surface area contributed by atoms with Gasteiger partial charge in [0.25, 0.3) is 0 Å². The normalized spacial score (nSPS) is 13.2. The third-order valence-corrected chi connectivity index (χ3v) is 3.04. The van der Waals surface area contributed by atoms with E-state index in [0.717, 1.165) is 13.0 Å². The third kappa shape index (κ3) is 3.10. The molecule has 2 N–H and O–H groups in total. The van der Waals surface area contributed by atoms with E-state index < -0.39 is 0 Å². The molecule has 0 spiro atoms. The number of hydrogen-bond donors (Lipinski definition) is 2. The van der Waals surface area contributed by atoms with Crippen molar-refractivity contribution in [3.05, 3.63) is 21.9 Å². The van der Waals surface area contributed by atoms with Crippen LogP contribution < -0.4 is 5.32 Å². The van der Waals surface area contributed by atoms with Gasteiger partial charge >= 0.3 is 0 Å². The second-order valence-corrected chi connectivity index (χ2v) is 4.46. The Morgan fingerprint density at radius 3 is 2.77 bits per heavy atom. The molecule has 0 radical (unpaired) electrons. The van der Waals surface area contributed by atoms with E-state index in [2.05, 4.69) is 31.3 Å². The van der Waals surface area contributed by atoms with E-state index in [9.17, 15) is 0 Å². The molecular weight excluding hydrogens is 182 g/mol. The summed E-state index contributed by atoms with van der Waals surface area (Å²) in [5.41, 5.74) is 0. The molecule has 0 saturated carbocycles. The van der Waals surface area contributed by atoms with Crippen LogP contribution in [0.2, 0.25) is 0 Å². The molecule has 0 amide bonds. The Kier molecular flexibility index (Phi) is 4.42. The van der Waals surface area contributed by atoms with Crippen LogP contribution in [-0.4, -0.2) is 18.3 Å². The highest BCUT2D eigenvalue weighted by molar-refractivity contribution is 7.12. The van der Waals surface area contributed by atoms with Crippen LogP contribution in [0.15, 0.2) is 12.1 Å². The first kappa shape index (κ1) is 10.7. The Morgan fingerprint density at radius 2 is 2.31 bits per heavy atom. The van der Waals surface area contributed by atoms with Crippen molar-refractivity contribution in [3.63, 3.8) is 0 Å². The highest BCUT2D eigenvalue weighted by atomic mass is 32.1. The lowest BCUT2D eigenvalue weighted by atomic mass is 10.2. The molecule has 1 heterocycles. The van der Waals surface area contributed by atoms with E-state index in [1.807, 2.05) is 0 Å². The van der Waals surface area contributed by atoms with Crippen molar-refractivity contribution in [1.82, 2.24) is 5.32 Å². The minimum atomic E-state index is 0.124. The van der Waals surface area contributed by atoms with Crippen LogP contribution in [0.25, 0.3) is 0 Å². The highest BCUT2D eigenvalue weighted by Gasteiger charge is 2.10. The molecule has 0 aliphatic heterocycles. The Labute approximate surface area is 83.6 Å². The fourth-order valence-electron chi connectivity index (χ4n) is 1.21. The molecule has 0 aliphatic carbocycles. The highest BCUT2D eigenvalue weighted by Crippen LogP contribution is 2.22. The van der Waals surface area contributed by atoms with Crippen LogP contribution in [0.3, 0.4) is 0 Å². The number of aliphatic hydroxyl groups excluding tert-OH is 1. The predicted molar refractivity (Wildman–Crippen MR) is 57.2 cm³/mol. The summed E-state index contributed by atoms with van der Waals surface area (Å²) < 4.78 is 0. The van der Waals surface area contributed by atoms with Crippen molar-refractivity contribution < 1.29 is 5.11 Å². The van der Waals surface area contributed by atoms with Crippen molar-refractivity contribution >= 4 is 11.3 Å². The monoisotopic (exact) mass is 199 g/mol. The van der Waals surface area contributed by atoms with Gasteiger partial charge < -0.3 is 10.4 Å². The third-order valence-electron chi connectivity index (χ3n) is 1.93. The Balaban J connectivity index is 2.56.